The number of imidazole rings is 1. The number of aromatic hydroxyl groups is 1. The van der Waals surface area contributed by atoms with Crippen LogP contribution in [0.4, 0.5) is 4.79 Å². The molecule has 0 aliphatic carbocycles. The summed E-state index contributed by atoms with van der Waals surface area (Å²) < 4.78 is 2.11. The molecule has 6 nitrogen and oxygen atoms in total. The predicted molar refractivity (Wildman–Crippen MR) is 103 cm³/mol. The summed E-state index contributed by atoms with van der Waals surface area (Å²) in [5, 5.41) is 15.5. The van der Waals surface area contributed by atoms with Gasteiger partial charge >= 0.3 is 6.03 Å². The van der Waals surface area contributed by atoms with Crippen molar-refractivity contribution >= 4 is 6.03 Å². The van der Waals surface area contributed by atoms with Crippen LogP contribution in [0, 0.1) is 0 Å². The maximum Gasteiger partial charge on any atom is 0.315 e. The van der Waals surface area contributed by atoms with E-state index in [0.29, 0.717) is 19.5 Å². The minimum Gasteiger partial charge on any atom is -0.508 e. The number of aromatic nitrogens is 2. The van der Waals surface area contributed by atoms with Crippen molar-refractivity contribution in [2.24, 2.45) is 0 Å². The normalized spacial score (nSPS) is 16.1. The van der Waals surface area contributed by atoms with Gasteiger partial charge in [-0.05, 0) is 23.3 Å². The molecule has 6 heteroatoms. The maximum absolute atomic E-state index is 11.5. The molecule has 1 aromatic heterocycles. The number of benzene rings is 2. The van der Waals surface area contributed by atoms with Gasteiger partial charge in [0.25, 0.3) is 0 Å². The molecule has 138 valence electrons. The highest BCUT2D eigenvalue weighted by Gasteiger charge is 2.23. The zero-order valence-corrected chi connectivity index (χ0v) is 14.9. The highest BCUT2D eigenvalue weighted by atomic mass is 16.3. The molecule has 2 aromatic carbocycles. The Balaban J connectivity index is 1.62. The van der Waals surface area contributed by atoms with Gasteiger partial charge in [-0.1, -0.05) is 42.5 Å². The minimum absolute atomic E-state index is 0.0478. The number of phenolic OH excluding ortho intramolecular Hbond substituents is 1. The Bertz CT molecular complexity index is 936. The molecule has 2 amide bonds. The number of hydrogen-bond donors (Lipinski definition) is 3. The lowest BCUT2D eigenvalue weighted by molar-refractivity contribution is 0.247. The highest BCUT2D eigenvalue weighted by molar-refractivity contribution is 5.76. The first kappa shape index (κ1) is 17.1. The average molecular weight is 362 g/mol. The van der Waals surface area contributed by atoms with Crippen molar-refractivity contribution in [3.63, 3.8) is 0 Å². The van der Waals surface area contributed by atoms with Crippen LogP contribution in [0.25, 0.3) is 0 Å². The fraction of sp³-hybridized carbons (Fsp3) is 0.238. The van der Waals surface area contributed by atoms with Crippen LogP contribution in [0.5, 0.6) is 5.75 Å². The van der Waals surface area contributed by atoms with Crippen LogP contribution in [0.15, 0.2) is 60.9 Å². The Morgan fingerprint density at radius 3 is 2.67 bits per heavy atom. The number of rotatable bonds is 6. The third-order valence-corrected chi connectivity index (χ3v) is 4.79. The van der Waals surface area contributed by atoms with E-state index >= 15 is 0 Å². The number of carbonyl (C=O) groups excluding carboxylic acids is 1. The second kappa shape index (κ2) is 7.53. The van der Waals surface area contributed by atoms with Crippen molar-refractivity contribution in [3.05, 3.63) is 83.4 Å². The summed E-state index contributed by atoms with van der Waals surface area (Å²) in [4.78, 5) is 16.2. The van der Waals surface area contributed by atoms with Crippen LogP contribution in [0.3, 0.4) is 0 Å². The van der Waals surface area contributed by atoms with Gasteiger partial charge in [-0.2, -0.15) is 0 Å². The molecule has 0 radical (unpaired) electrons. The number of amides is 2. The summed E-state index contributed by atoms with van der Waals surface area (Å²) in [5.41, 5.74) is 4.34. The lowest BCUT2D eigenvalue weighted by Crippen LogP contribution is -2.29. The quantitative estimate of drug-likeness (QED) is 0.630. The first-order valence-corrected chi connectivity index (χ1v) is 9.06. The lowest BCUT2D eigenvalue weighted by Gasteiger charge is -2.14. The Kier molecular flexibility index (Phi) is 4.78. The number of nitrogens with zero attached hydrogens (tertiary/aromatic N) is 2. The molecule has 0 spiro atoms. The fourth-order valence-corrected chi connectivity index (χ4v) is 3.47. The fourth-order valence-electron chi connectivity index (χ4n) is 3.47. The molecule has 2 heterocycles. The summed E-state index contributed by atoms with van der Waals surface area (Å²) in [5.74, 6) is 0.255. The first-order chi connectivity index (χ1) is 13.2. The SMILES string of the molecule is O=C1NCC(Cc2c(Cc3ccccc3)ncn2Cc2cccc(O)c2)N1. The molecule has 0 bridgehead atoms. The summed E-state index contributed by atoms with van der Waals surface area (Å²) >= 11 is 0. The number of nitrogens with one attached hydrogen (secondary N) is 2. The largest absolute Gasteiger partial charge is 0.508 e. The number of urea groups is 1. The van der Waals surface area contributed by atoms with Crippen LogP contribution in [0.1, 0.15) is 22.5 Å². The highest BCUT2D eigenvalue weighted by Crippen LogP contribution is 2.19. The van der Waals surface area contributed by atoms with Gasteiger partial charge in [0, 0.05) is 31.6 Å². The van der Waals surface area contributed by atoms with Crippen molar-refractivity contribution in [2.45, 2.75) is 25.4 Å². The van der Waals surface area contributed by atoms with Gasteiger partial charge < -0.3 is 20.3 Å². The van der Waals surface area contributed by atoms with Crippen LogP contribution >= 0.6 is 0 Å². The van der Waals surface area contributed by atoms with E-state index in [9.17, 15) is 9.90 Å². The lowest BCUT2D eigenvalue weighted by atomic mass is 10.0. The molecular formula is C21H22N4O2. The molecule has 27 heavy (non-hydrogen) atoms. The molecule has 1 unspecified atom stereocenters. The predicted octanol–water partition coefficient (Wildman–Crippen LogP) is 2.45. The second-order valence-corrected chi connectivity index (χ2v) is 6.85. The monoisotopic (exact) mass is 362 g/mol. The molecule has 1 saturated heterocycles. The van der Waals surface area contributed by atoms with Gasteiger partial charge in [-0.3, -0.25) is 0 Å². The van der Waals surface area contributed by atoms with Gasteiger partial charge in [-0.25, -0.2) is 9.78 Å². The smallest absolute Gasteiger partial charge is 0.315 e. The van der Waals surface area contributed by atoms with E-state index in [4.69, 9.17) is 0 Å². The molecule has 3 N–H and O–H groups in total. The van der Waals surface area contributed by atoms with Crippen LogP contribution in [-0.4, -0.2) is 33.3 Å². The first-order valence-electron chi connectivity index (χ1n) is 9.06. The second-order valence-electron chi connectivity index (χ2n) is 6.85. The maximum atomic E-state index is 11.5. The van der Waals surface area contributed by atoms with Crippen LogP contribution < -0.4 is 10.6 Å². The zero-order valence-electron chi connectivity index (χ0n) is 14.9. The third-order valence-electron chi connectivity index (χ3n) is 4.79. The third kappa shape index (κ3) is 4.11. The van der Waals surface area contributed by atoms with Crippen molar-refractivity contribution < 1.29 is 9.90 Å². The van der Waals surface area contributed by atoms with Gasteiger partial charge in [0.2, 0.25) is 0 Å². The molecule has 1 fully saturated rings. The number of hydrogen-bond acceptors (Lipinski definition) is 3. The van der Waals surface area contributed by atoms with E-state index in [1.165, 1.54) is 5.56 Å². The molecule has 1 aliphatic rings. The van der Waals surface area contributed by atoms with Crippen LogP contribution in [0.2, 0.25) is 0 Å². The molecule has 1 atom stereocenters. The molecule has 4 rings (SSSR count). The van der Waals surface area contributed by atoms with Gasteiger partial charge in [0.15, 0.2) is 0 Å². The van der Waals surface area contributed by atoms with Crippen molar-refractivity contribution in [3.8, 4) is 5.75 Å². The van der Waals surface area contributed by atoms with Crippen LogP contribution in [-0.2, 0) is 19.4 Å². The Morgan fingerprint density at radius 1 is 1.11 bits per heavy atom. The van der Waals surface area contributed by atoms with Gasteiger partial charge in [0.1, 0.15) is 5.75 Å². The molecule has 3 aromatic rings. The van der Waals surface area contributed by atoms with E-state index < -0.39 is 0 Å². The zero-order chi connectivity index (χ0) is 18.6. The summed E-state index contributed by atoms with van der Waals surface area (Å²) in [6, 6.07) is 17.4. The number of carbonyl (C=O) groups is 1. The summed E-state index contributed by atoms with van der Waals surface area (Å²) in [7, 11) is 0. The summed E-state index contributed by atoms with van der Waals surface area (Å²) in [6.07, 6.45) is 3.30. The average Bonchev–Trinajstić information content (AvgIpc) is 3.23. The van der Waals surface area contributed by atoms with Crippen molar-refractivity contribution in [1.29, 1.82) is 0 Å². The van der Waals surface area contributed by atoms with Crippen molar-refractivity contribution in [2.75, 3.05) is 6.54 Å². The summed E-state index contributed by atoms with van der Waals surface area (Å²) in [6.45, 7) is 1.24. The number of phenols is 1. The minimum atomic E-state index is -0.122. The molecule has 0 saturated carbocycles. The van der Waals surface area contributed by atoms with E-state index in [0.717, 1.165) is 23.4 Å². The Hall–Kier alpha value is -3.28. The van der Waals surface area contributed by atoms with Gasteiger partial charge in [-0.15, -0.1) is 0 Å². The Labute approximate surface area is 157 Å². The van der Waals surface area contributed by atoms with Crippen molar-refractivity contribution in [1.82, 2.24) is 20.2 Å². The van der Waals surface area contributed by atoms with E-state index in [1.807, 2.05) is 36.7 Å². The van der Waals surface area contributed by atoms with E-state index in [1.54, 1.807) is 12.1 Å². The molecular weight excluding hydrogens is 340 g/mol. The standard InChI is InChI=1S/C21H22N4O2/c26-18-8-4-7-16(9-18)13-25-14-23-19(10-15-5-2-1-3-6-15)20(25)11-17-12-22-21(27)24-17/h1-9,14,17,26H,10-13H2,(H2,22,24,27). The topological polar surface area (TPSA) is 79.2 Å². The van der Waals surface area contributed by atoms with Gasteiger partial charge in [0.05, 0.1) is 18.1 Å². The Morgan fingerprint density at radius 2 is 1.93 bits per heavy atom. The van der Waals surface area contributed by atoms with E-state index in [2.05, 4.69) is 32.3 Å². The van der Waals surface area contributed by atoms with E-state index in [-0.39, 0.29) is 17.8 Å². The molecule has 1 aliphatic heterocycles.